The lowest BCUT2D eigenvalue weighted by atomic mass is 10.8. The summed E-state index contributed by atoms with van der Waals surface area (Å²) < 4.78 is 0. The van der Waals surface area contributed by atoms with Gasteiger partial charge in [0.2, 0.25) is 0 Å². The number of hydrogen-bond donors (Lipinski definition) is 2. The van der Waals surface area contributed by atoms with E-state index in [0.717, 1.165) is 6.54 Å². The van der Waals surface area contributed by atoms with Crippen molar-refractivity contribution >= 4 is 0 Å². The molecule has 0 saturated carbocycles. The molecular weight excluding hydrogens is 92.1 g/mol. The maximum absolute atomic E-state index is 5.14. The van der Waals surface area contributed by atoms with Crippen molar-refractivity contribution in [3.05, 3.63) is 5.43 Å². The Balaban J connectivity index is 2.83. The van der Waals surface area contributed by atoms with Crippen LogP contribution in [0.4, 0.5) is 0 Å². The van der Waals surface area contributed by atoms with Crippen molar-refractivity contribution in [2.24, 2.45) is 5.84 Å². The van der Waals surface area contributed by atoms with Crippen LogP contribution in [0.2, 0.25) is 0 Å². The van der Waals surface area contributed by atoms with Crippen molar-refractivity contribution in [1.29, 1.82) is 0 Å². The molecule has 0 aliphatic heterocycles. The number of nitrogens with one attached hydrogen (secondary N) is 1. The van der Waals surface area contributed by atoms with E-state index >= 15 is 0 Å². The van der Waals surface area contributed by atoms with Gasteiger partial charge in [0.05, 0.1) is 0 Å². The number of rotatable bonds is 3. The van der Waals surface area contributed by atoms with Gasteiger partial charge in [-0.15, -0.1) is 7.05 Å². The maximum atomic E-state index is 5.14. The largest absolute Gasteiger partial charge is 0.567 e. The standard InChI is InChI=1S/C3H11N4/c1-3-6-7(4)5-2/h6H,3-4H2,1-2H3/q-1. The molecule has 7 heavy (non-hydrogen) atoms. The van der Waals surface area contributed by atoms with Gasteiger partial charge in [-0.3, -0.25) is 16.5 Å². The van der Waals surface area contributed by atoms with E-state index in [-0.39, 0.29) is 0 Å². The minimum absolute atomic E-state index is 0.799. The van der Waals surface area contributed by atoms with Crippen LogP contribution in [0.15, 0.2) is 0 Å². The summed E-state index contributed by atoms with van der Waals surface area (Å²) in [6.07, 6.45) is 0. The highest BCUT2D eigenvalue weighted by Crippen LogP contribution is 1.73. The monoisotopic (exact) mass is 103 g/mol. The molecule has 4 heteroatoms. The number of nitrogens with zero attached hydrogens (tertiary/aromatic N) is 2. The fourth-order valence-corrected chi connectivity index (χ4v) is 0.233. The van der Waals surface area contributed by atoms with Crippen molar-refractivity contribution in [3.8, 4) is 0 Å². The molecule has 0 aliphatic rings. The Morgan fingerprint density at radius 1 is 1.86 bits per heavy atom. The molecule has 0 spiro atoms. The molecule has 0 aromatic carbocycles. The molecule has 0 fully saturated rings. The predicted octanol–water partition coefficient (Wildman–Crippen LogP) is -0.395. The summed E-state index contributed by atoms with van der Waals surface area (Å²) in [4.78, 5) is 0. The predicted molar refractivity (Wildman–Crippen MR) is 29.0 cm³/mol. The second-order valence-electron chi connectivity index (χ2n) is 1.06. The van der Waals surface area contributed by atoms with Crippen LogP contribution in [0.5, 0.6) is 0 Å². The van der Waals surface area contributed by atoms with E-state index in [1.54, 1.807) is 7.05 Å². The summed E-state index contributed by atoms with van der Waals surface area (Å²) in [7, 11) is 1.61. The highest BCUT2D eigenvalue weighted by molar-refractivity contribution is 4.54. The molecule has 0 rings (SSSR count). The Labute approximate surface area is 43.6 Å². The van der Waals surface area contributed by atoms with Gasteiger partial charge in [-0.05, 0) is 0 Å². The average molecular weight is 103 g/mol. The van der Waals surface area contributed by atoms with Crippen LogP contribution in [0.25, 0.3) is 5.43 Å². The maximum Gasteiger partial charge on any atom is 0.00709 e. The van der Waals surface area contributed by atoms with Crippen molar-refractivity contribution in [2.75, 3.05) is 13.6 Å². The van der Waals surface area contributed by atoms with Crippen molar-refractivity contribution in [3.63, 3.8) is 0 Å². The zero-order chi connectivity index (χ0) is 5.70. The van der Waals surface area contributed by atoms with Gasteiger partial charge in [0, 0.05) is 6.54 Å². The van der Waals surface area contributed by atoms with Gasteiger partial charge < -0.3 is 5.43 Å². The molecule has 0 atom stereocenters. The summed E-state index contributed by atoms with van der Waals surface area (Å²) in [6, 6.07) is 0. The molecule has 0 amide bonds. The Morgan fingerprint density at radius 3 is 2.57 bits per heavy atom. The van der Waals surface area contributed by atoms with Crippen LogP contribution in [0, 0.1) is 0 Å². The fourth-order valence-electron chi connectivity index (χ4n) is 0.233. The molecule has 0 bridgehead atoms. The zero-order valence-electron chi connectivity index (χ0n) is 4.68. The van der Waals surface area contributed by atoms with Crippen molar-refractivity contribution < 1.29 is 0 Å². The third-order valence-corrected chi connectivity index (χ3v) is 0.536. The van der Waals surface area contributed by atoms with Gasteiger partial charge in [-0.2, -0.15) is 0 Å². The van der Waals surface area contributed by atoms with E-state index < -0.39 is 0 Å². The first-order valence-electron chi connectivity index (χ1n) is 2.19. The number of hydrazine groups is 2. The third kappa shape index (κ3) is 3.68. The highest BCUT2D eigenvalue weighted by Gasteiger charge is 1.71. The van der Waals surface area contributed by atoms with Crippen LogP contribution < -0.4 is 11.3 Å². The van der Waals surface area contributed by atoms with Gasteiger partial charge >= 0.3 is 0 Å². The number of nitrogens with two attached hydrogens (primary N) is 1. The van der Waals surface area contributed by atoms with Gasteiger partial charge in [0.15, 0.2) is 0 Å². The van der Waals surface area contributed by atoms with Crippen LogP contribution >= 0.6 is 0 Å². The minimum Gasteiger partial charge on any atom is -0.567 e. The van der Waals surface area contributed by atoms with E-state index in [1.807, 2.05) is 6.92 Å². The summed E-state index contributed by atoms with van der Waals surface area (Å²) in [6.45, 7) is 2.75. The average Bonchev–Trinajstić information content (AvgIpc) is 1.68. The lowest BCUT2D eigenvalue weighted by Crippen LogP contribution is -2.39. The first kappa shape index (κ1) is 6.84. The highest BCUT2D eigenvalue weighted by atomic mass is 15.8. The van der Waals surface area contributed by atoms with Gasteiger partial charge in [0.25, 0.3) is 0 Å². The minimum atomic E-state index is 0.799. The van der Waals surface area contributed by atoms with Crippen LogP contribution in [0.3, 0.4) is 0 Å². The Kier molecular flexibility index (Phi) is 3.92. The van der Waals surface area contributed by atoms with Crippen LogP contribution in [-0.4, -0.2) is 18.8 Å². The third-order valence-electron chi connectivity index (χ3n) is 0.536. The lowest BCUT2D eigenvalue weighted by Gasteiger charge is -2.27. The smallest absolute Gasteiger partial charge is 0.00709 e. The Hall–Kier alpha value is -0.160. The second-order valence-corrected chi connectivity index (χ2v) is 1.06. The fraction of sp³-hybridized carbons (Fsp3) is 1.00. The van der Waals surface area contributed by atoms with Crippen LogP contribution in [0.1, 0.15) is 6.92 Å². The molecule has 0 aliphatic carbocycles. The van der Waals surface area contributed by atoms with Crippen molar-refractivity contribution in [2.45, 2.75) is 6.92 Å². The van der Waals surface area contributed by atoms with E-state index in [1.165, 1.54) is 5.23 Å². The molecule has 3 N–H and O–H groups in total. The Morgan fingerprint density at radius 2 is 2.43 bits per heavy atom. The SMILES string of the molecule is CCNN(N)[N-]C. The topological polar surface area (TPSA) is 55.4 Å². The Bertz CT molecular complexity index is 37.9. The van der Waals surface area contributed by atoms with E-state index in [9.17, 15) is 0 Å². The summed E-state index contributed by atoms with van der Waals surface area (Å²) in [5.74, 6) is 5.14. The molecular formula is C3H11N4-. The van der Waals surface area contributed by atoms with Crippen LogP contribution in [-0.2, 0) is 0 Å². The molecule has 0 radical (unpaired) electrons. The first-order valence-corrected chi connectivity index (χ1v) is 2.19. The quantitative estimate of drug-likeness (QED) is 0.377. The number of hydrogen-bond acceptors (Lipinski definition) is 3. The summed E-state index contributed by atoms with van der Waals surface area (Å²) >= 11 is 0. The molecule has 0 aromatic heterocycles. The van der Waals surface area contributed by atoms with E-state index in [2.05, 4.69) is 10.9 Å². The summed E-state index contributed by atoms with van der Waals surface area (Å²) in [5.41, 5.74) is 6.32. The van der Waals surface area contributed by atoms with Gasteiger partial charge in [-0.1, -0.05) is 6.92 Å². The van der Waals surface area contributed by atoms with Gasteiger partial charge in [-0.25, -0.2) is 0 Å². The molecule has 0 saturated heterocycles. The molecule has 0 heterocycles. The van der Waals surface area contributed by atoms with E-state index in [4.69, 9.17) is 5.84 Å². The lowest BCUT2D eigenvalue weighted by molar-refractivity contribution is 0.264. The zero-order valence-corrected chi connectivity index (χ0v) is 4.68. The normalized spacial score (nSPS) is 10.3. The molecule has 0 unspecified atom stereocenters. The molecule has 4 nitrogen and oxygen atoms in total. The van der Waals surface area contributed by atoms with Crippen molar-refractivity contribution in [1.82, 2.24) is 10.7 Å². The van der Waals surface area contributed by atoms with Gasteiger partial charge in [0.1, 0.15) is 0 Å². The molecule has 44 valence electrons. The van der Waals surface area contributed by atoms with E-state index in [0.29, 0.717) is 0 Å². The summed E-state index contributed by atoms with van der Waals surface area (Å²) in [5, 5.41) is 1.18. The second kappa shape index (κ2) is 4.01. The first-order chi connectivity index (χ1) is 3.31. The molecule has 0 aromatic rings.